The number of carboxylic acid groups (broad SMARTS) is 1. The van der Waals surface area contributed by atoms with Crippen molar-refractivity contribution in [1.29, 1.82) is 5.26 Å². The summed E-state index contributed by atoms with van der Waals surface area (Å²) in [6.45, 7) is 7.79. The first-order valence-electron chi connectivity index (χ1n) is 11.7. The van der Waals surface area contributed by atoms with Gasteiger partial charge in [0.2, 0.25) is 0 Å². The van der Waals surface area contributed by atoms with Crippen molar-refractivity contribution < 1.29 is 32.6 Å². The first kappa shape index (κ1) is 28.5. The number of carbonyl (C=O) groups excluding carboxylic acids is 1. The SMILES string of the molecule is CC1=C(C(=O)O)C(c2ccc(C#N)cc2)C(C(=O)OCC[Si](C)(C)C)=C(N)N1c1cccc(C(F)(F)F)c1. The first-order valence-corrected chi connectivity index (χ1v) is 15.4. The van der Waals surface area contributed by atoms with Gasteiger partial charge in [-0.3, -0.25) is 0 Å². The lowest BCUT2D eigenvalue weighted by atomic mass is 9.80. The number of aliphatic carboxylic acids is 1. The number of benzene rings is 2. The van der Waals surface area contributed by atoms with Crippen molar-refractivity contribution >= 4 is 25.7 Å². The summed E-state index contributed by atoms with van der Waals surface area (Å²) in [6, 6.07) is 12.9. The van der Waals surface area contributed by atoms with Crippen LogP contribution >= 0.6 is 0 Å². The van der Waals surface area contributed by atoms with E-state index in [4.69, 9.17) is 15.7 Å². The molecule has 1 aliphatic heterocycles. The number of nitrogens with two attached hydrogens (primary N) is 1. The van der Waals surface area contributed by atoms with E-state index in [0.717, 1.165) is 17.0 Å². The van der Waals surface area contributed by atoms with Crippen molar-refractivity contribution in [2.75, 3.05) is 11.5 Å². The number of esters is 1. The van der Waals surface area contributed by atoms with Crippen LogP contribution in [0.1, 0.15) is 29.5 Å². The molecule has 0 radical (unpaired) electrons. The third-order valence-electron chi connectivity index (χ3n) is 6.16. The lowest BCUT2D eigenvalue weighted by molar-refractivity contribution is -0.139. The van der Waals surface area contributed by atoms with Crippen LogP contribution in [0.25, 0.3) is 0 Å². The molecule has 0 aliphatic carbocycles. The van der Waals surface area contributed by atoms with E-state index in [-0.39, 0.29) is 35.0 Å². The highest BCUT2D eigenvalue weighted by Gasteiger charge is 2.42. The number of carbonyl (C=O) groups is 2. The molecule has 38 heavy (non-hydrogen) atoms. The fourth-order valence-corrected chi connectivity index (χ4v) is 4.90. The highest BCUT2D eigenvalue weighted by atomic mass is 28.3. The highest BCUT2D eigenvalue weighted by molar-refractivity contribution is 6.76. The summed E-state index contributed by atoms with van der Waals surface area (Å²) in [4.78, 5) is 27.2. The molecule has 0 fully saturated rings. The van der Waals surface area contributed by atoms with E-state index < -0.39 is 37.7 Å². The van der Waals surface area contributed by atoms with E-state index in [1.165, 1.54) is 43.3 Å². The molecule has 0 bridgehead atoms. The Labute approximate surface area is 219 Å². The maximum atomic E-state index is 13.5. The molecule has 1 aliphatic rings. The zero-order chi connectivity index (χ0) is 28.4. The zero-order valence-electron chi connectivity index (χ0n) is 21.4. The van der Waals surface area contributed by atoms with Gasteiger partial charge in [-0.2, -0.15) is 18.4 Å². The van der Waals surface area contributed by atoms with Crippen molar-refractivity contribution in [2.24, 2.45) is 5.73 Å². The average molecular weight is 544 g/mol. The fraction of sp³-hybridized carbons (Fsp3) is 0.296. The van der Waals surface area contributed by atoms with Crippen molar-refractivity contribution in [1.82, 2.24) is 0 Å². The topological polar surface area (TPSA) is 117 Å². The average Bonchev–Trinajstić information content (AvgIpc) is 2.82. The summed E-state index contributed by atoms with van der Waals surface area (Å²) in [5, 5.41) is 19.4. The van der Waals surface area contributed by atoms with Gasteiger partial charge >= 0.3 is 18.1 Å². The molecule has 0 spiro atoms. The number of halogens is 3. The summed E-state index contributed by atoms with van der Waals surface area (Å²) in [7, 11) is -1.59. The van der Waals surface area contributed by atoms with E-state index in [2.05, 4.69) is 19.6 Å². The molecule has 0 amide bonds. The number of rotatable bonds is 7. The van der Waals surface area contributed by atoms with E-state index in [1.807, 2.05) is 6.07 Å². The molecule has 1 unspecified atom stereocenters. The van der Waals surface area contributed by atoms with Gasteiger partial charge in [-0.1, -0.05) is 37.8 Å². The van der Waals surface area contributed by atoms with E-state index in [0.29, 0.717) is 17.2 Å². The van der Waals surface area contributed by atoms with Crippen LogP contribution in [-0.4, -0.2) is 31.7 Å². The number of hydrogen-bond donors (Lipinski definition) is 2. The number of nitrogens with zero attached hydrogens (tertiary/aromatic N) is 2. The second kappa shape index (κ2) is 10.7. The van der Waals surface area contributed by atoms with Crippen molar-refractivity contribution in [2.45, 2.75) is 44.7 Å². The van der Waals surface area contributed by atoms with Crippen LogP contribution in [-0.2, 0) is 20.5 Å². The Morgan fingerprint density at radius 3 is 2.29 bits per heavy atom. The number of alkyl halides is 3. The first-order chi connectivity index (χ1) is 17.7. The maximum absolute atomic E-state index is 13.5. The lowest BCUT2D eigenvalue weighted by Gasteiger charge is -2.37. The molecule has 3 rings (SSSR count). The molecule has 1 atom stereocenters. The van der Waals surface area contributed by atoms with Gasteiger partial charge < -0.3 is 20.5 Å². The highest BCUT2D eigenvalue weighted by Crippen LogP contribution is 2.44. The van der Waals surface area contributed by atoms with Crippen LogP contribution < -0.4 is 10.6 Å². The minimum absolute atomic E-state index is 0.0438. The normalized spacial score (nSPS) is 16.4. The molecule has 1 heterocycles. The molecule has 0 saturated heterocycles. The van der Waals surface area contributed by atoms with Crippen LogP contribution in [0, 0.1) is 11.3 Å². The van der Waals surface area contributed by atoms with Crippen molar-refractivity contribution in [3.63, 3.8) is 0 Å². The van der Waals surface area contributed by atoms with E-state index in [1.54, 1.807) is 0 Å². The van der Waals surface area contributed by atoms with E-state index >= 15 is 0 Å². The number of hydrogen-bond acceptors (Lipinski definition) is 6. The van der Waals surface area contributed by atoms with Gasteiger partial charge in [0.25, 0.3) is 0 Å². The maximum Gasteiger partial charge on any atom is 0.416 e. The molecule has 0 aromatic heterocycles. The van der Waals surface area contributed by atoms with Crippen LogP contribution in [0.4, 0.5) is 18.9 Å². The Morgan fingerprint density at radius 1 is 1.13 bits per heavy atom. The number of nitriles is 1. The molecule has 7 nitrogen and oxygen atoms in total. The third-order valence-corrected chi connectivity index (χ3v) is 7.86. The molecule has 2 aromatic rings. The smallest absolute Gasteiger partial charge is 0.416 e. The number of anilines is 1. The van der Waals surface area contributed by atoms with E-state index in [9.17, 15) is 27.9 Å². The largest absolute Gasteiger partial charge is 0.478 e. The van der Waals surface area contributed by atoms with Gasteiger partial charge in [-0.25, -0.2) is 9.59 Å². The van der Waals surface area contributed by atoms with Crippen LogP contribution in [0.5, 0.6) is 0 Å². The number of ether oxygens (including phenoxy) is 1. The standard InChI is InChI=1S/C27H28F3N3O4Si/c1-16-21(25(34)35)22(18-10-8-17(15-31)9-11-18)23(26(36)37-12-13-38(2,3)4)24(32)33(16)20-7-5-6-19(14-20)27(28,29)30/h5-11,14,22H,12-13,32H2,1-4H3,(H,34,35). The van der Waals surface area contributed by atoms with Gasteiger partial charge in [-0.15, -0.1) is 0 Å². The Bertz CT molecular complexity index is 1350. The predicted molar refractivity (Wildman–Crippen MR) is 138 cm³/mol. The number of carboxylic acids is 1. The van der Waals surface area contributed by atoms with Gasteiger partial charge in [0.15, 0.2) is 0 Å². The molecule has 0 saturated carbocycles. The summed E-state index contributed by atoms with van der Waals surface area (Å²) in [5.41, 5.74) is 5.73. The Balaban J connectivity index is 2.24. The lowest BCUT2D eigenvalue weighted by Crippen LogP contribution is -2.39. The van der Waals surface area contributed by atoms with Crippen LogP contribution in [0.15, 0.2) is 71.2 Å². The summed E-state index contributed by atoms with van der Waals surface area (Å²) in [6.07, 6.45) is -4.65. The second-order valence-corrected chi connectivity index (χ2v) is 15.7. The minimum atomic E-state index is -4.65. The summed E-state index contributed by atoms with van der Waals surface area (Å²) < 4.78 is 45.9. The Kier molecular flexibility index (Phi) is 8.07. The Hall–Kier alpha value is -4.04. The van der Waals surface area contributed by atoms with Crippen molar-refractivity contribution in [3.8, 4) is 6.07 Å². The molecule has 2 aromatic carbocycles. The molecule has 3 N–H and O–H groups in total. The van der Waals surface area contributed by atoms with Gasteiger partial charge in [0.05, 0.1) is 40.9 Å². The molecule has 200 valence electrons. The van der Waals surface area contributed by atoms with Crippen molar-refractivity contribution in [3.05, 3.63) is 87.9 Å². The van der Waals surface area contributed by atoms with Crippen LogP contribution in [0.3, 0.4) is 0 Å². The van der Waals surface area contributed by atoms with Gasteiger partial charge in [-0.05, 0) is 48.9 Å². The summed E-state index contributed by atoms with van der Waals surface area (Å²) in [5.74, 6) is -3.66. The summed E-state index contributed by atoms with van der Waals surface area (Å²) >= 11 is 0. The third kappa shape index (κ3) is 6.08. The monoisotopic (exact) mass is 543 g/mol. The van der Waals surface area contributed by atoms with Crippen LogP contribution in [0.2, 0.25) is 25.7 Å². The Morgan fingerprint density at radius 2 is 1.76 bits per heavy atom. The fourth-order valence-electron chi connectivity index (χ4n) is 4.19. The van der Waals surface area contributed by atoms with Gasteiger partial charge in [0.1, 0.15) is 5.82 Å². The quantitative estimate of drug-likeness (QED) is 0.345. The zero-order valence-corrected chi connectivity index (χ0v) is 22.4. The molecule has 11 heteroatoms. The molecular formula is C27H28F3N3O4Si. The second-order valence-electron chi connectivity index (χ2n) is 10.1. The minimum Gasteiger partial charge on any atom is -0.478 e. The van der Waals surface area contributed by atoms with Gasteiger partial charge in [0, 0.05) is 19.5 Å². The predicted octanol–water partition coefficient (Wildman–Crippen LogP) is 5.59. The number of allylic oxidation sites excluding steroid dienone is 1. The molecular weight excluding hydrogens is 515 g/mol.